The Bertz CT molecular complexity index is 488. The van der Waals surface area contributed by atoms with Crippen LogP contribution in [0.3, 0.4) is 0 Å². The Hall–Kier alpha value is -1.36. The summed E-state index contributed by atoms with van der Waals surface area (Å²) in [5.41, 5.74) is 6.30. The maximum Gasteiger partial charge on any atom is 0.270 e. The van der Waals surface area contributed by atoms with Crippen LogP contribution in [-0.4, -0.2) is 20.8 Å². The Kier molecular flexibility index (Phi) is 3.91. The van der Waals surface area contributed by atoms with Gasteiger partial charge in [0.1, 0.15) is 0 Å². The van der Waals surface area contributed by atoms with Crippen LogP contribution in [0.4, 0.5) is 8.78 Å². The molecule has 0 saturated heterocycles. The van der Waals surface area contributed by atoms with E-state index in [9.17, 15) is 8.78 Å². The predicted octanol–water partition coefficient (Wildman–Crippen LogP) is 3.20. The summed E-state index contributed by atoms with van der Waals surface area (Å²) in [6, 6.07) is 2.86. The van der Waals surface area contributed by atoms with Gasteiger partial charge in [0, 0.05) is 30.0 Å². The van der Waals surface area contributed by atoms with Gasteiger partial charge in [0.15, 0.2) is 11.5 Å². The van der Waals surface area contributed by atoms with Gasteiger partial charge in [-0.05, 0) is 25.0 Å². The van der Waals surface area contributed by atoms with Gasteiger partial charge in [-0.15, -0.1) is 0 Å². The zero-order valence-electron chi connectivity index (χ0n) is 12.1. The maximum absolute atomic E-state index is 13.7. The molecule has 0 radical (unpaired) electrons. The van der Waals surface area contributed by atoms with Gasteiger partial charge in [0.2, 0.25) is 0 Å². The summed E-state index contributed by atoms with van der Waals surface area (Å²) >= 11 is 0. The van der Waals surface area contributed by atoms with Crippen molar-refractivity contribution in [1.29, 1.82) is 0 Å². The lowest BCUT2D eigenvalue weighted by molar-refractivity contribution is 0.0169. The van der Waals surface area contributed by atoms with Crippen molar-refractivity contribution in [3.8, 4) is 11.5 Å². The Morgan fingerprint density at radius 2 is 1.90 bits per heavy atom. The number of hydrogen-bond acceptors (Lipinski definition) is 3. The van der Waals surface area contributed by atoms with E-state index in [0.29, 0.717) is 18.0 Å². The first-order chi connectivity index (χ1) is 9.38. The number of alkyl halides is 2. The molecular weight excluding hydrogens is 264 g/mol. The smallest absolute Gasteiger partial charge is 0.270 e. The summed E-state index contributed by atoms with van der Waals surface area (Å²) in [5.74, 6) is -2.07. The van der Waals surface area contributed by atoms with Crippen molar-refractivity contribution in [2.75, 3.05) is 20.8 Å². The molecule has 2 rings (SSSR count). The van der Waals surface area contributed by atoms with Gasteiger partial charge in [-0.2, -0.15) is 0 Å². The molecule has 112 valence electrons. The predicted molar refractivity (Wildman–Crippen MR) is 73.7 cm³/mol. The average Bonchev–Trinajstić information content (AvgIpc) is 2.36. The number of halogens is 2. The third-order valence-electron chi connectivity index (χ3n) is 4.26. The average molecular weight is 285 g/mol. The lowest BCUT2D eigenvalue weighted by Crippen LogP contribution is -2.42. The van der Waals surface area contributed by atoms with E-state index in [0.717, 1.165) is 31.7 Å². The van der Waals surface area contributed by atoms with Crippen molar-refractivity contribution < 1.29 is 18.3 Å². The molecule has 1 aromatic rings. The molecule has 1 saturated carbocycles. The first kappa shape index (κ1) is 15.0. The van der Waals surface area contributed by atoms with E-state index in [1.165, 1.54) is 26.4 Å². The van der Waals surface area contributed by atoms with Crippen LogP contribution in [0, 0.1) is 0 Å². The van der Waals surface area contributed by atoms with E-state index in [2.05, 4.69) is 0 Å². The van der Waals surface area contributed by atoms with Crippen LogP contribution < -0.4 is 15.2 Å². The van der Waals surface area contributed by atoms with Crippen LogP contribution in [0.25, 0.3) is 0 Å². The van der Waals surface area contributed by atoms with Gasteiger partial charge in [0.05, 0.1) is 14.2 Å². The van der Waals surface area contributed by atoms with Crippen LogP contribution >= 0.6 is 0 Å². The summed E-state index contributed by atoms with van der Waals surface area (Å²) in [5, 5.41) is 0. The maximum atomic E-state index is 13.7. The van der Waals surface area contributed by atoms with Crippen LogP contribution in [0.2, 0.25) is 0 Å². The summed E-state index contributed by atoms with van der Waals surface area (Å²) < 4.78 is 38.0. The number of hydrogen-bond donors (Lipinski definition) is 1. The Balaban J connectivity index is 2.64. The lowest BCUT2D eigenvalue weighted by atomic mass is 9.64. The number of methoxy groups -OCH3 is 2. The zero-order chi connectivity index (χ0) is 15.0. The molecule has 5 heteroatoms. The quantitative estimate of drug-likeness (QED) is 0.903. The van der Waals surface area contributed by atoms with Gasteiger partial charge in [-0.3, -0.25) is 0 Å². The zero-order valence-corrected chi connectivity index (χ0v) is 12.1. The van der Waals surface area contributed by atoms with E-state index in [-0.39, 0.29) is 11.0 Å². The minimum atomic E-state index is -2.92. The van der Waals surface area contributed by atoms with E-state index < -0.39 is 5.92 Å². The van der Waals surface area contributed by atoms with E-state index in [1.54, 1.807) is 0 Å². The SMILES string of the molecule is COc1cc(C(C)(F)F)cc(C2(CN)CCC2)c1OC. The highest BCUT2D eigenvalue weighted by Gasteiger charge is 2.41. The van der Waals surface area contributed by atoms with Crippen molar-refractivity contribution in [3.63, 3.8) is 0 Å². The molecule has 1 aliphatic rings. The molecule has 20 heavy (non-hydrogen) atoms. The first-order valence-electron chi connectivity index (χ1n) is 6.73. The number of nitrogens with two attached hydrogens (primary N) is 1. The van der Waals surface area contributed by atoms with Crippen LogP contribution in [0.1, 0.15) is 37.3 Å². The van der Waals surface area contributed by atoms with Crippen molar-refractivity contribution in [3.05, 3.63) is 23.3 Å². The Morgan fingerprint density at radius 1 is 1.25 bits per heavy atom. The molecule has 0 amide bonds. The van der Waals surface area contributed by atoms with Crippen molar-refractivity contribution in [2.24, 2.45) is 5.73 Å². The fourth-order valence-corrected chi connectivity index (χ4v) is 2.80. The summed E-state index contributed by atoms with van der Waals surface area (Å²) in [6.45, 7) is 1.30. The van der Waals surface area contributed by atoms with Gasteiger partial charge in [0.25, 0.3) is 5.92 Å². The van der Waals surface area contributed by atoms with E-state index in [4.69, 9.17) is 15.2 Å². The van der Waals surface area contributed by atoms with Crippen LogP contribution in [0.5, 0.6) is 11.5 Å². The fourth-order valence-electron chi connectivity index (χ4n) is 2.80. The van der Waals surface area contributed by atoms with Crippen molar-refractivity contribution >= 4 is 0 Å². The summed E-state index contributed by atoms with van der Waals surface area (Å²) in [6.07, 6.45) is 2.83. The minimum absolute atomic E-state index is 0.0649. The van der Waals surface area contributed by atoms with Gasteiger partial charge < -0.3 is 15.2 Å². The molecule has 0 bridgehead atoms. The Morgan fingerprint density at radius 3 is 2.25 bits per heavy atom. The number of ether oxygens (including phenoxy) is 2. The molecule has 3 nitrogen and oxygen atoms in total. The standard InChI is InChI=1S/C15H21F2NO2/c1-14(16,17)10-7-11(15(9-18)5-4-6-15)13(20-3)12(8-10)19-2/h7-8H,4-6,9,18H2,1-3H3. The van der Waals surface area contributed by atoms with Gasteiger partial charge in [-0.1, -0.05) is 6.42 Å². The molecule has 0 aliphatic heterocycles. The largest absolute Gasteiger partial charge is 0.493 e. The van der Waals surface area contributed by atoms with E-state index >= 15 is 0 Å². The number of rotatable bonds is 5. The van der Waals surface area contributed by atoms with Gasteiger partial charge in [-0.25, -0.2) is 8.78 Å². The topological polar surface area (TPSA) is 44.5 Å². The summed E-state index contributed by atoms with van der Waals surface area (Å²) in [4.78, 5) is 0. The molecule has 0 aromatic heterocycles. The fraction of sp³-hybridized carbons (Fsp3) is 0.600. The molecule has 1 fully saturated rings. The second-order valence-electron chi connectivity index (χ2n) is 5.49. The molecule has 0 spiro atoms. The highest BCUT2D eigenvalue weighted by Crippen LogP contribution is 2.50. The molecule has 1 aromatic carbocycles. The third-order valence-corrected chi connectivity index (χ3v) is 4.26. The molecular formula is C15H21F2NO2. The normalized spacial score (nSPS) is 17.5. The number of benzene rings is 1. The van der Waals surface area contributed by atoms with Gasteiger partial charge >= 0.3 is 0 Å². The third kappa shape index (κ3) is 2.35. The monoisotopic (exact) mass is 285 g/mol. The second-order valence-corrected chi connectivity index (χ2v) is 5.49. The molecule has 1 aliphatic carbocycles. The van der Waals surface area contributed by atoms with Crippen molar-refractivity contribution in [2.45, 2.75) is 37.5 Å². The molecule has 2 N–H and O–H groups in total. The minimum Gasteiger partial charge on any atom is -0.493 e. The van der Waals surface area contributed by atoms with E-state index in [1.807, 2.05) is 0 Å². The van der Waals surface area contributed by atoms with Crippen LogP contribution in [0.15, 0.2) is 12.1 Å². The molecule has 0 heterocycles. The van der Waals surface area contributed by atoms with Crippen molar-refractivity contribution in [1.82, 2.24) is 0 Å². The summed E-state index contributed by atoms with van der Waals surface area (Å²) in [7, 11) is 2.98. The highest BCUT2D eigenvalue weighted by molar-refractivity contribution is 5.54. The highest BCUT2D eigenvalue weighted by atomic mass is 19.3. The van der Waals surface area contributed by atoms with Crippen LogP contribution in [-0.2, 0) is 11.3 Å². The lowest BCUT2D eigenvalue weighted by Gasteiger charge is -2.42. The Labute approximate surface area is 118 Å². The first-order valence-corrected chi connectivity index (χ1v) is 6.73. The molecule has 0 unspecified atom stereocenters. The second kappa shape index (κ2) is 5.20. The molecule has 0 atom stereocenters.